The van der Waals surface area contributed by atoms with Crippen molar-refractivity contribution in [3.05, 3.63) is 65.4 Å². The summed E-state index contributed by atoms with van der Waals surface area (Å²) in [5.41, 5.74) is 0.348. The van der Waals surface area contributed by atoms with Gasteiger partial charge in [0.05, 0.1) is 21.8 Å². The van der Waals surface area contributed by atoms with Gasteiger partial charge in [0.15, 0.2) is 0 Å². The zero-order valence-electron chi connectivity index (χ0n) is 15.4. The maximum absolute atomic E-state index is 12.9. The molecule has 0 atom stereocenters. The Kier molecular flexibility index (Phi) is 5.05. The van der Waals surface area contributed by atoms with Crippen LogP contribution in [0.5, 0.6) is 0 Å². The van der Waals surface area contributed by atoms with Crippen molar-refractivity contribution >= 4 is 9.84 Å². The van der Waals surface area contributed by atoms with Gasteiger partial charge in [0, 0.05) is 0 Å². The van der Waals surface area contributed by atoms with Gasteiger partial charge in [-0.05, 0) is 48.7 Å². The first-order chi connectivity index (χ1) is 13.0. The Hall–Kier alpha value is -2.68. The van der Waals surface area contributed by atoms with Gasteiger partial charge < -0.3 is 0 Å². The van der Waals surface area contributed by atoms with E-state index in [2.05, 4.69) is 10.3 Å². The van der Waals surface area contributed by atoms with Gasteiger partial charge in [-0.25, -0.2) is 13.1 Å². The molecule has 148 valence electrons. The summed E-state index contributed by atoms with van der Waals surface area (Å²) in [6, 6.07) is 10.9. The number of aromatic nitrogens is 3. The minimum Gasteiger partial charge on any atom is -0.217 e. The molecule has 0 amide bonds. The lowest BCUT2D eigenvalue weighted by Gasteiger charge is -2.10. The van der Waals surface area contributed by atoms with Crippen molar-refractivity contribution in [3.63, 3.8) is 0 Å². The topological polar surface area (TPSA) is 64.8 Å². The molecule has 0 N–H and O–H groups in total. The van der Waals surface area contributed by atoms with Gasteiger partial charge in [-0.2, -0.15) is 13.2 Å². The SMILES string of the molecule is Cc1c(S(=O)(=O)c2ccc(C(C)C)cc2)nnn1-c1cccc(C(F)(F)F)c1. The number of nitrogens with zero attached hydrogens (tertiary/aromatic N) is 3. The second kappa shape index (κ2) is 7.05. The van der Waals surface area contributed by atoms with E-state index in [4.69, 9.17) is 0 Å². The smallest absolute Gasteiger partial charge is 0.217 e. The average molecular weight is 409 g/mol. The number of hydrogen-bond donors (Lipinski definition) is 0. The monoisotopic (exact) mass is 409 g/mol. The number of rotatable bonds is 4. The van der Waals surface area contributed by atoms with Crippen LogP contribution < -0.4 is 0 Å². The molecule has 2 aromatic carbocycles. The first-order valence-electron chi connectivity index (χ1n) is 8.47. The summed E-state index contributed by atoms with van der Waals surface area (Å²) < 4.78 is 65.8. The highest BCUT2D eigenvalue weighted by atomic mass is 32.2. The number of sulfone groups is 1. The lowest BCUT2D eigenvalue weighted by molar-refractivity contribution is -0.137. The molecule has 0 spiro atoms. The summed E-state index contributed by atoms with van der Waals surface area (Å²) in [4.78, 5) is 0.0519. The van der Waals surface area contributed by atoms with Crippen molar-refractivity contribution in [1.29, 1.82) is 0 Å². The predicted molar refractivity (Wildman–Crippen MR) is 97.1 cm³/mol. The fraction of sp³-hybridized carbons (Fsp3) is 0.263. The van der Waals surface area contributed by atoms with Crippen molar-refractivity contribution in [1.82, 2.24) is 15.0 Å². The fourth-order valence-electron chi connectivity index (χ4n) is 2.77. The molecular weight excluding hydrogens is 391 g/mol. The number of hydrogen-bond acceptors (Lipinski definition) is 4. The normalized spacial score (nSPS) is 12.5. The summed E-state index contributed by atoms with van der Waals surface area (Å²) in [5, 5.41) is 7.21. The van der Waals surface area contributed by atoms with Crippen molar-refractivity contribution in [2.45, 2.75) is 42.8 Å². The van der Waals surface area contributed by atoms with Crippen LogP contribution in [0.2, 0.25) is 0 Å². The fourth-order valence-corrected chi connectivity index (χ4v) is 4.10. The van der Waals surface area contributed by atoms with Gasteiger partial charge >= 0.3 is 6.18 Å². The largest absolute Gasteiger partial charge is 0.416 e. The Labute approximate surface area is 160 Å². The van der Waals surface area contributed by atoms with E-state index < -0.39 is 21.6 Å². The molecule has 3 aromatic rings. The Balaban J connectivity index is 2.03. The van der Waals surface area contributed by atoms with Crippen LogP contribution in [0, 0.1) is 6.92 Å². The highest BCUT2D eigenvalue weighted by Gasteiger charge is 2.31. The second-order valence-corrected chi connectivity index (χ2v) is 8.53. The van der Waals surface area contributed by atoms with Gasteiger partial charge in [-0.15, -0.1) is 5.10 Å². The van der Waals surface area contributed by atoms with Crippen molar-refractivity contribution < 1.29 is 21.6 Å². The molecule has 3 rings (SSSR count). The molecule has 0 aliphatic carbocycles. The molecule has 1 heterocycles. The van der Waals surface area contributed by atoms with E-state index >= 15 is 0 Å². The van der Waals surface area contributed by atoms with Crippen molar-refractivity contribution in [2.24, 2.45) is 0 Å². The molecule has 28 heavy (non-hydrogen) atoms. The summed E-state index contributed by atoms with van der Waals surface area (Å²) in [6.45, 7) is 5.44. The van der Waals surface area contributed by atoms with Gasteiger partial charge in [0.25, 0.3) is 0 Å². The number of halogens is 3. The molecule has 0 aliphatic rings. The third kappa shape index (κ3) is 3.66. The number of benzene rings is 2. The molecule has 0 radical (unpaired) electrons. The van der Waals surface area contributed by atoms with Crippen molar-refractivity contribution in [2.75, 3.05) is 0 Å². The van der Waals surface area contributed by atoms with E-state index in [0.717, 1.165) is 22.4 Å². The predicted octanol–water partition coefficient (Wildman–Crippen LogP) is 4.55. The number of alkyl halides is 3. The minimum absolute atomic E-state index is 0.0519. The van der Waals surface area contributed by atoms with E-state index in [1.807, 2.05) is 13.8 Å². The molecule has 0 unspecified atom stereocenters. The van der Waals surface area contributed by atoms with Gasteiger partial charge in [0.1, 0.15) is 0 Å². The van der Waals surface area contributed by atoms with Gasteiger partial charge in [-0.3, -0.25) is 0 Å². The molecule has 1 aromatic heterocycles. The summed E-state index contributed by atoms with van der Waals surface area (Å²) in [5.74, 6) is 0.250. The van der Waals surface area contributed by atoms with Crippen molar-refractivity contribution in [3.8, 4) is 5.69 Å². The molecule has 0 bridgehead atoms. The zero-order chi connectivity index (χ0) is 20.7. The first-order valence-corrected chi connectivity index (χ1v) is 9.95. The van der Waals surface area contributed by atoms with E-state index in [9.17, 15) is 21.6 Å². The molecule has 0 aliphatic heterocycles. The molecule has 0 fully saturated rings. The van der Waals surface area contributed by atoms with Crippen LogP contribution >= 0.6 is 0 Å². The maximum atomic E-state index is 12.9. The summed E-state index contributed by atoms with van der Waals surface area (Å²) in [7, 11) is -3.95. The summed E-state index contributed by atoms with van der Waals surface area (Å²) >= 11 is 0. The Morgan fingerprint density at radius 2 is 1.68 bits per heavy atom. The van der Waals surface area contributed by atoms with E-state index in [-0.39, 0.29) is 27.2 Å². The second-order valence-electron chi connectivity index (χ2n) is 6.67. The average Bonchev–Trinajstić information content (AvgIpc) is 3.03. The Morgan fingerprint density at radius 3 is 2.25 bits per heavy atom. The lowest BCUT2D eigenvalue weighted by atomic mass is 10.0. The highest BCUT2D eigenvalue weighted by Crippen LogP contribution is 2.31. The van der Waals surface area contributed by atoms with Crippen LogP contribution in [-0.2, 0) is 16.0 Å². The molecular formula is C19H18F3N3O2S. The first kappa shape index (κ1) is 20.1. The van der Waals surface area contributed by atoms with Crippen LogP contribution in [0.15, 0.2) is 58.5 Å². The van der Waals surface area contributed by atoms with E-state index in [1.165, 1.54) is 31.2 Å². The highest BCUT2D eigenvalue weighted by molar-refractivity contribution is 7.91. The molecule has 5 nitrogen and oxygen atoms in total. The zero-order valence-corrected chi connectivity index (χ0v) is 16.2. The van der Waals surface area contributed by atoms with E-state index in [0.29, 0.717) is 0 Å². The third-order valence-electron chi connectivity index (χ3n) is 4.38. The lowest BCUT2D eigenvalue weighted by Crippen LogP contribution is -2.08. The van der Waals surface area contributed by atoms with Crippen LogP contribution in [0.1, 0.15) is 36.6 Å². The standard InChI is InChI=1S/C19H18F3N3O2S/c1-12(2)14-7-9-17(10-8-14)28(26,27)18-13(3)25(24-23-18)16-6-4-5-15(11-16)19(20,21)22/h4-12H,1-3H3. The quantitative estimate of drug-likeness (QED) is 0.634. The van der Waals surface area contributed by atoms with Crippen LogP contribution in [-0.4, -0.2) is 23.4 Å². The van der Waals surface area contributed by atoms with Crippen LogP contribution in [0.25, 0.3) is 5.69 Å². The van der Waals surface area contributed by atoms with Crippen LogP contribution in [0.4, 0.5) is 13.2 Å². The van der Waals surface area contributed by atoms with E-state index in [1.54, 1.807) is 12.1 Å². The van der Waals surface area contributed by atoms with Gasteiger partial charge in [-0.1, -0.05) is 37.3 Å². The molecule has 9 heteroatoms. The van der Waals surface area contributed by atoms with Crippen LogP contribution in [0.3, 0.4) is 0 Å². The molecule has 0 saturated heterocycles. The Bertz CT molecular complexity index is 1100. The minimum atomic E-state index is -4.52. The third-order valence-corrected chi connectivity index (χ3v) is 6.16. The Morgan fingerprint density at radius 1 is 1.04 bits per heavy atom. The molecule has 0 saturated carbocycles. The maximum Gasteiger partial charge on any atom is 0.416 e. The van der Waals surface area contributed by atoms with Gasteiger partial charge in [0.2, 0.25) is 14.9 Å². The summed E-state index contributed by atoms with van der Waals surface area (Å²) in [6.07, 6.45) is -4.52.